The normalized spacial score (nSPS) is 10.8. The molecule has 0 amide bonds. The molecule has 0 atom stereocenters. The van der Waals surface area contributed by atoms with Gasteiger partial charge in [-0.2, -0.15) is 0 Å². The van der Waals surface area contributed by atoms with Crippen molar-refractivity contribution in [2.45, 2.75) is 33.1 Å². The Morgan fingerprint density at radius 2 is 2.05 bits per heavy atom. The Balaban J connectivity index is 2.37. The first-order chi connectivity index (χ1) is 9.61. The SMILES string of the molecule is Cc1ccc(C(C)C)c(Oc2ncccc2CCN)c1. The summed E-state index contributed by atoms with van der Waals surface area (Å²) in [5.74, 6) is 1.95. The summed E-state index contributed by atoms with van der Waals surface area (Å²) in [5, 5.41) is 0. The second kappa shape index (κ2) is 6.53. The minimum Gasteiger partial charge on any atom is -0.438 e. The second-order valence-corrected chi connectivity index (χ2v) is 5.30. The van der Waals surface area contributed by atoms with Crippen molar-refractivity contribution in [2.24, 2.45) is 5.73 Å². The average molecular weight is 270 g/mol. The summed E-state index contributed by atoms with van der Waals surface area (Å²) < 4.78 is 6.07. The standard InChI is InChI=1S/C17H22N2O/c1-12(2)15-7-6-13(3)11-16(15)20-17-14(8-9-18)5-4-10-19-17/h4-7,10-12H,8-9,18H2,1-3H3. The van der Waals surface area contributed by atoms with Crippen LogP contribution < -0.4 is 10.5 Å². The van der Waals surface area contributed by atoms with Crippen LogP contribution in [0, 0.1) is 6.92 Å². The molecule has 2 rings (SSSR count). The zero-order valence-electron chi connectivity index (χ0n) is 12.4. The molecule has 0 spiro atoms. The van der Waals surface area contributed by atoms with E-state index >= 15 is 0 Å². The molecule has 0 aliphatic rings. The predicted molar refractivity (Wildman–Crippen MR) is 82.3 cm³/mol. The van der Waals surface area contributed by atoms with Gasteiger partial charge in [0.1, 0.15) is 5.75 Å². The number of benzene rings is 1. The van der Waals surface area contributed by atoms with E-state index in [2.05, 4.69) is 44.0 Å². The first-order valence-electron chi connectivity index (χ1n) is 7.04. The average Bonchev–Trinajstić information content (AvgIpc) is 2.41. The first-order valence-corrected chi connectivity index (χ1v) is 7.04. The first kappa shape index (κ1) is 14.5. The molecular weight excluding hydrogens is 248 g/mol. The third-order valence-electron chi connectivity index (χ3n) is 3.26. The fraction of sp³-hybridized carbons (Fsp3) is 0.353. The third kappa shape index (κ3) is 3.36. The molecule has 2 aromatic rings. The Bertz CT molecular complexity index is 579. The molecule has 2 N–H and O–H groups in total. The quantitative estimate of drug-likeness (QED) is 0.898. The number of hydrogen-bond acceptors (Lipinski definition) is 3. The summed E-state index contributed by atoms with van der Waals surface area (Å²) >= 11 is 0. The molecule has 106 valence electrons. The highest BCUT2D eigenvalue weighted by Crippen LogP contribution is 2.32. The number of hydrogen-bond donors (Lipinski definition) is 1. The largest absolute Gasteiger partial charge is 0.438 e. The minimum atomic E-state index is 0.410. The zero-order valence-corrected chi connectivity index (χ0v) is 12.4. The Kier molecular flexibility index (Phi) is 4.74. The fourth-order valence-corrected chi connectivity index (χ4v) is 2.17. The van der Waals surface area contributed by atoms with Crippen LogP contribution in [0.5, 0.6) is 11.6 Å². The molecule has 0 fully saturated rings. The summed E-state index contributed by atoms with van der Waals surface area (Å²) in [6, 6.07) is 10.2. The number of aromatic nitrogens is 1. The Hall–Kier alpha value is -1.87. The van der Waals surface area contributed by atoms with E-state index in [9.17, 15) is 0 Å². The van der Waals surface area contributed by atoms with Gasteiger partial charge in [0, 0.05) is 11.8 Å². The van der Waals surface area contributed by atoms with Gasteiger partial charge >= 0.3 is 0 Å². The van der Waals surface area contributed by atoms with Gasteiger partial charge in [-0.1, -0.05) is 32.0 Å². The van der Waals surface area contributed by atoms with E-state index in [0.717, 1.165) is 17.7 Å². The number of rotatable bonds is 5. The van der Waals surface area contributed by atoms with Gasteiger partial charge in [-0.25, -0.2) is 4.98 Å². The number of nitrogens with two attached hydrogens (primary N) is 1. The third-order valence-corrected chi connectivity index (χ3v) is 3.26. The van der Waals surface area contributed by atoms with Gasteiger partial charge in [-0.15, -0.1) is 0 Å². The van der Waals surface area contributed by atoms with Gasteiger partial charge < -0.3 is 10.5 Å². The highest BCUT2D eigenvalue weighted by Gasteiger charge is 2.11. The van der Waals surface area contributed by atoms with Gasteiger partial charge in [0.05, 0.1) is 0 Å². The Morgan fingerprint density at radius 1 is 1.25 bits per heavy atom. The highest BCUT2D eigenvalue weighted by molar-refractivity contribution is 5.42. The topological polar surface area (TPSA) is 48.1 Å². The van der Waals surface area contributed by atoms with Crippen molar-refractivity contribution in [3.63, 3.8) is 0 Å². The maximum absolute atomic E-state index is 6.07. The number of nitrogens with zero attached hydrogens (tertiary/aromatic N) is 1. The van der Waals surface area contributed by atoms with Crippen molar-refractivity contribution in [2.75, 3.05) is 6.54 Å². The molecule has 3 heteroatoms. The molecule has 1 aromatic heterocycles. The maximum atomic E-state index is 6.07. The van der Waals surface area contributed by atoms with Crippen molar-refractivity contribution in [3.05, 3.63) is 53.2 Å². The van der Waals surface area contributed by atoms with E-state index in [4.69, 9.17) is 10.5 Å². The zero-order chi connectivity index (χ0) is 14.5. The molecule has 3 nitrogen and oxygen atoms in total. The molecule has 1 aromatic carbocycles. The summed E-state index contributed by atoms with van der Waals surface area (Å²) in [6.45, 7) is 6.98. The summed E-state index contributed by atoms with van der Waals surface area (Å²) in [4.78, 5) is 4.34. The van der Waals surface area contributed by atoms with Crippen molar-refractivity contribution < 1.29 is 4.74 Å². The minimum absolute atomic E-state index is 0.410. The molecule has 1 heterocycles. The summed E-state index contributed by atoms with van der Waals surface area (Å²) in [5.41, 5.74) is 9.06. The Morgan fingerprint density at radius 3 is 2.75 bits per heavy atom. The van der Waals surface area contributed by atoms with Crippen LogP contribution >= 0.6 is 0 Å². The van der Waals surface area contributed by atoms with Crippen LogP contribution in [0.4, 0.5) is 0 Å². The number of pyridine rings is 1. The number of ether oxygens (including phenoxy) is 1. The molecule has 0 radical (unpaired) electrons. The predicted octanol–water partition coefficient (Wildman–Crippen LogP) is 3.81. The Labute approximate surface area is 120 Å². The van der Waals surface area contributed by atoms with Gasteiger partial charge in [-0.3, -0.25) is 0 Å². The van der Waals surface area contributed by atoms with Crippen LogP contribution in [-0.2, 0) is 6.42 Å². The molecule has 0 unspecified atom stereocenters. The van der Waals surface area contributed by atoms with E-state index in [1.165, 1.54) is 11.1 Å². The van der Waals surface area contributed by atoms with Crippen molar-refractivity contribution in [1.82, 2.24) is 4.98 Å². The molecule has 0 bridgehead atoms. The lowest BCUT2D eigenvalue weighted by Gasteiger charge is -2.15. The van der Waals surface area contributed by atoms with Crippen molar-refractivity contribution in [3.8, 4) is 11.6 Å². The molecule has 0 aliphatic heterocycles. The van der Waals surface area contributed by atoms with Crippen LogP contribution in [0.2, 0.25) is 0 Å². The van der Waals surface area contributed by atoms with E-state index in [0.29, 0.717) is 18.3 Å². The summed E-state index contributed by atoms with van der Waals surface area (Å²) in [7, 11) is 0. The second-order valence-electron chi connectivity index (χ2n) is 5.30. The van der Waals surface area contributed by atoms with Gasteiger partial charge in [0.25, 0.3) is 0 Å². The van der Waals surface area contributed by atoms with Crippen LogP contribution in [0.25, 0.3) is 0 Å². The molecule has 0 saturated heterocycles. The van der Waals surface area contributed by atoms with Crippen molar-refractivity contribution in [1.29, 1.82) is 0 Å². The summed E-state index contributed by atoms with van der Waals surface area (Å²) in [6.07, 6.45) is 2.52. The van der Waals surface area contributed by atoms with Crippen LogP contribution in [0.1, 0.15) is 36.5 Å². The van der Waals surface area contributed by atoms with Crippen molar-refractivity contribution >= 4 is 0 Å². The molecule has 20 heavy (non-hydrogen) atoms. The lowest BCUT2D eigenvalue weighted by molar-refractivity contribution is 0.447. The fourth-order valence-electron chi connectivity index (χ4n) is 2.17. The molecule has 0 aliphatic carbocycles. The van der Waals surface area contributed by atoms with E-state index in [1.54, 1.807) is 6.20 Å². The molecule has 0 saturated carbocycles. The van der Waals surface area contributed by atoms with E-state index < -0.39 is 0 Å². The maximum Gasteiger partial charge on any atom is 0.222 e. The van der Waals surface area contributed by atoms with Crippen LogP contribution in [0.3, 0.4) is 0 Å². The highest BCUT2D eigenvalue weighted by atomic mass is 16.5. The monoisotopic (exact) mass is 270 g/mol. The smallest absolute Gasteiger partial charge is 0.222 e. The van der Waals surface area contributed by atoms with Gasteiger partial charge in [-0.05, 0) is 49.1 Å². The molecular formula is C17H22N2O. The number of aryl methyl sites for hydroxylation is 1. The van der Waals surface area contributed by atoms with Crippen LogP contribution in [0.15, 0.2) is 36.5 Å². The van der Waals surface area contributed by atoms with Gasteiger partial charge in [0.2, 0.25) is 5.88 Å². The van der Waals surface area contributed by atoms with E-state index in [1.807, 2.05) is 12.1 Å². The lowest BCUT2D eigenvalue weighted by atomic mass is 10.0. The van der Waals surface area contributed by atoms with Gasteiger partial charge in [0.15, 0.2) is 0 Å². The van der Waals surface area contributed by atoms with E-state index in [-0.39, 0.29) is 0 Å². The van der Waals surface area contributed by atoms with Crippen LogP contribution in [-0.4, -0.2) is 11.5 Å². The lowest BCUT2D eigenvalue weighted by Crippen LogP contribution is -2.05.